The maximum absolute atomic E-state index is 14.0. The fourth-order valence-electron chi connectivity index (χ4n) is 3.50. The lowest BCUT2D eigenvalue weighted by Gasteiger charge is -2.35. The molecular weight excluding hydrogens is 397 g/mol. The number of hydrogen-bond acceptors (Lipinski definition) is 6. The predicted octanol–water partition coefficient (Wildman–Crippen LogP) is 3.64. The molecule has 0 saturated carbocycles. The minimum Gasteiger partial charge on any atom is -0.497 e. The van der Waals surface area contributed by atoms with Crippen molar-refractivity contribution < 1.29 is 13.9 Å². The summed E-state index contributed by atoms with van der Waals surface area (Å²) in [5.74, 6) is 1.30. The number of methoxy groups -OCH3 is 1. The van der Waals surface area contributed by atoms with Gasteiger partial charge in [-0.3, -0.25) is 4.79 Å². The molecule has 4 rings (SSSR count). The zero-order valence-electron chi connectivity index (χ0n) is 17.5. The molecule has 0 radical (unpaired) electrons. The van der Waals surface area contributed by atoms with Crippen LogP contribution in [0.25, 0.3) is 0 Å². The Morgan fingerprint density at radius 2 is 1.74 bits per heavy atom. The molecule has 1 aromatic heterocycles. The molecule has 1 amide bonds. The van der Waals surface area contributed by atoms with E-state index in [0.717, 1.165) is 17.1 Å². The second-order valence-electron chi connectivity index (χ2n) is 7.31. The first-order valence-corrected chi connectivity index (χ1v) is 10.1. The molecule has 0 atom stereocenters. The lowest BCUT2D eigenvalue weighted by Crippen LogP contribution is -2.49. The zero-order valence-corrected chi connectivity index (χ0v) is 17.5. The maximum Gasteiger partial charge on any atom is 0.256 e. The summed E-state index contributed by atoms with van der Waals surface area (Å²) < 4.78 is 19.1. The Labute approximate surface area is 180 Å². The third-order valence-corrected chi connectivity index (χ3v) is 5.16. The van der Waals surface area contributed by atoms with Crippen molar-refractivity contribution in [2.45, 2.75) is 6.92 Å². The summed E-state index contributed by atoms with van der Waals surface area (Å²) >= 11 is 0. The summed E-state index contributed by atoms with van der Waals surface area (Å²) in [7, 11) is 1.63. The summed E-state index contributed by atoms with van der Waals surface area (Å²) in [5, 5.41) is 3.29. The van der Waals surface area contributed by atoms with E-state index in [1.165, 1.54) is 12.1 Å². The Morgan fingerprint density at radius 1 is 1.03 bits per heavy atom. The number of carbonyl (C=O) groups excluding carboxylic acids is 1. The fraction of sp³-hybridized carbons (Fsp3) is 0.261. The highest BCUT2D eigenvalue weighted by Crippen LogP contribution is 2.22. The Hall–Kier alpha value is -3.68. The second-order valence-corrected chi connectivity index (χ2v) is 7.31. The van der Waals surface area contributed by atoms with Gasteiger partial charge in [-0.25, -0.2) is 9.37 Å². The number of piperazine rings is 1. The van der Waals surface area contributed by atoms with E-state index in [1.54, 1.807) is 24.1 Å². The van der Waals surface area contributed by atoms with Crippen molar-refractivity contribution >= 4 is 23.4 Å². The smallest absolute Gasteiger partial charge is 0.256 e. The number of amides is 1. The molecule has 0 aliphatic carbocycles. The van der Waals surface area contributed by atoms with Crippen molar-refractivity contribution in [1.82, 2.24) is 14.9 Å². The van der Waals surface area contributed by atoms with Gasteiger partial charge in [0.1, 0.15) is 17.4 Å². The number of nitrogens with zero attached hydrogens (tertiary/aromatic N) is 4. The second kappa shape index (κ2) is 8.99. The van der Waals surface area contributed by atoms with E-state index in [0.29, 0.717) is 37.9 Å². The SMILES string of the molecule is COc1ccc(Nc2cc(C)nc(N3CCN(C(=O)c4ccccc4F)CC3)n2)cc1. The summed E-state index contributed by atoms with van der Waals surface area (Å²) in [5.41, 5.74) is 1.84. The van der Waals surface area contributed by atoms with Crippen molar-refractivity contribution in [2.24, 2.45) is 0 Å². The van der Waals surface area contributed by atoms with Crippen LogP contribution in [0.5, 0.6) is 5.75 Å². The molecule has 1 fully saturated rings. The van der Waals surface area contributed by atoms with E-state index >= 15 is 0 Å². The molecule has 1 aliphatic heterocycles. The third kappa shape index (κ3) is 4.74. The molecule has 1 N–H and O–H groups in total. The van der Waals surface area contributed by atoms with Gasteiger partial charge in [0, 0.05) is 43.6 Å². The van der Waals surface area contributed by atoms with Gasteiger partial charge in [0.2, 0.25) is 5.95 Å². The summed E-state index contributed by atoms with van der Waals surface area (Å²) in [4.78, 5) is 25.6. The van der Waals surface area contributed by atoms with Crippen LogP contribution in [0, 0.1) is 12.7 Å². The van der Waals surface area contributed by atoms with Crippen LogP contribution in [0.4, 0.5) is 21.8 Å². The summed E-state index contributed by atoms with van der Waals surface area (Å²) in [6, 6.07) is 15.6. The van der Waals surface area contributed by atoms with Gasteiger partial charge in [-0.05, 0) is 43.3 Å². The highest BCUT2D eigenvalue weighted by atomic mass is 19.1. The number of rotatable bonds is 5. The number of benzene rings is 2. The number of anilines is 3. The van der Waals surface area contributed by atoms with E-state index < -0.39 is 5.82 Å². The number of halogens is 1. The first-order valence-electron chi connectivity index (χ1n) is 10.1. The third-order valence-electron chi connectivity index (χ3n) is 5.16. The molecule has 0 spiro atoms. The first kappa shape index (κ1) is 20.6. The van der Waals surface area contributed by atoms with E-state index in [4.69, 9.17) is 4.74 Å². The van der Waals surface area contributed by atoms with Gasteiger partial charge >= 0.3 is 0 Å². The minimum atomic E-state index is -0.494. The van der Waals surface area contributed by atoms with Crippen molar-refractivity contribution in [2.75, 3.05) is 43.5 Å². The molecule has 0 unspecified atom stereocenters. The molecule has 31 heavy (non-hydrogen) atoms. The molecule has 1 aliphatic rings. The van der Waals surface area contributed by atoms with Gasteiger partial charge in [0.05, 0.1) is 12.7 Å². The van der Waals surface area contributed by atoms with Crippen LogP contribution in [0.15, 0.2) is 54.6 Å². The lowest BCUT2D eigenvalue weighted by atomic mass is 10.1. The van der Waals surface area contributed by atoms with Crippen LogP contribution < -0.4 is 15.0 Å². The number of ether oxygens (including phenoxy) is 1. The molecule has 8 heteroatoms. The highest BCUT2D eigenvalue weighted by Gasteiger charge is 2.25. The van der Waals surface area contributed by atoms with Crippen LogP contribution in [0.2, 0.25) is 0 Å². The predicted molar refractivity (Wildman–Crippen MR) is 118 cm³/mol. The largest absolute Gasteiger partial charge is 0.497 e. The number of aryl methyl sites for hydroxylation is 1. The Morgan fingerprint density at radius 3 is 2.42 bits per heavy atom. The quantitative estimate of drug-likeness (QED) is 0.678. The van der Waals surface area contributed by atoms with E-state index in [1.807, 2.05) is 42.2 Å². The van der Waals surface area contributed by atoms with E-state index in [9.17, 15) is 9.18 Å². The number of carbonyl (C=O) groups is 1. The van der Waals surface area contributed by atoms with Crippen molar-refractivity contribution in [1.29, 1.82) is 0 Å². The number of nitrogens with one attached hydrogen (secondary N) is 1. The molecule has 160 valence electrons. The van der Waals surface area contributed by atoms with Gasteiger partial charge in [0.15, 0.2) is 0 Å². The van der Waals surface area contributed by atoms with Gasteiger partial charge in [-0.1, -0.05) is 12.1 Å². The topological polar surface area (TPSA) is 70.6 Å². The minimum absolute atomic E-state index is 0.105. The molecule has 0 bridgehead atoms. The Balaban J connectivity index is 1.43. The Kier molecular flexibility index (Phi) is 5.97. The van der Waals surface area contributed by atoms with Gasteiger partial charge < -0.3 is 19.9 Å². The number of hydrogen-bond donors (Lipinski definition) is 1. The highest BCUT2D eigenvalue weighted by molar-refractivity contribution is 5.94. The summed E-state index contributed by atoms with van der Waals surface area (Å²) in [6.07, 6.45) is 0. The summed E-state index contributed by atoms with van der Waals surface area (Å²) in [6.45, 7) is 4.02. The fourth-order valence-corrected chi connectivity index (χ4v) is 3.50. The van der Waals surface area contributed by atoms with Crippen LogP contribution in [0.3, 0.4) is 0 Å². The first-order chi connectivity index (χ1) is 15.0. The van der Waals surface area contributed by atoms with Gasteiger partial charge in [0.25, 0.3) is 5.91 Å². The van der Waals surface area contributed by atoms with E-state index in [2.05, 4.69) is 15.3 Å². The maximum atomic E-state index is 14.0. The monoisotopic (exact) mass is 421 g/mol. The van der Waals surface area contributed by atoms with Crippen LogP contribution in [-0.2, 0) is 0 Å². The molecular formula is C23H24FN5O2. The van der Waals surface area contributed by atoms with Crippen molar-refractivity contribution in [3.05, 3.63) is 71.7 Å². The number of aromatic nitrogens is 2. The lowest BCUT2D eigenvalue weighted by molar-refractivity contribution is 0.0741. The van der Waals surface area contributed by atoms with Crippen LogP contribution in [0.1, 0.15) is 16.1 Å². The molecule has 2 heterocycles. The standard InChI is InChI=1S/C23H24FN5O2/c1-16-15-21(26-17-7-9-18(31-2)10-8-17)27-23(25-16)29-13-11-28(12-14-29)22(30)19-5-3-4-6-20(19)24/h3-10,15H,11-14H2,1-2H3,(H,25,26,27). The van der Waals surface area contributed by atoms with Crippen LogP contribution in [-0.4, -0.2) is 54.1 Å². The Bertz CT molecular complexity index is 1070. The van der Waals surface area contributed by atoms with Crippen molar-refractivity contribution in [3.63, 3.8) is 0 Å². The normalized spacial score (nSPS) is 13.8. The zero-order chi connectivity index (χ0) is 21.8. The van der Waals surface area contributed by atoms with Crippen LogP contribution >= 0.6 is 0 Å². The van der Waals surface area contributed by atoms with Crippen molar-refractivity contribution in [3.8, 4) is 5.75 Å². The molecule has 1 saturated heterocycles. The molecule has 7 nitrogen and oxygen atoms in total. The average Bonchev–Trinajstić information content (AvgIpc) is 2.79. The molecule has 2 aromatic carbocycles. The van der Waals surface area contributed by atoms with Gasteiger partial charge in [-0.15, -0.1) is 0 Å². The van der Waals surface area contributed by atoms with E-state index in [-0.39, 0.29) is 11.5 Å². The average molecular weight is 421 g/mol. The van der Waals surface area contributed by atoms with Gasteiger partial charge in [-0.2, -0.15) is 4.98 Å². The molecule has 3 aromatic rings.